The lowest BCUT2D eigenvalue weighted by molar-refractivity contribution is 0.0556. The van der Waals surface area contributed by atoms with Gasteiger partial charge in [-0.1, -0.05) is 18.2 Å². The lowest BCUT2D eigenvalue weighted by Gasteiger charge is -2.23. The molecule has 0 fully saturated rings. The number of pyridine rings is 1. The molecule has 4 rings (SSSR count). The molecule has 0 spiro atoms. The topological polar surface area (TPSA) is 122 Å². The molecule has 0 amide bonds. The minimum atomic E-state index is -3.82. The predicted molar refractivity (Wildman–Crippen MR) is 144 cm³/mol. The van der Waals surface area contributed by atoms with Crippen molar-refractivity contribution in [3.63, 3.8) is 0 Å². The predicted octanol–water partition coefficient (Wildman–Crippen LogP) is 4.13. The molecule has 4 aromatic rings. The summed E-state index contributed by atoms with van der Waals surface area (Å²) in [6.45, 7) is 9.40. The van der Waals surface area contributed by atoms with E-state index in [2.05, 4.69) is 25.1 Å². The lowest BCUT2D eigenvalue weighted by atomic mass is 10.1. The summed E-state index contributed by atoms with van der Waals surface area (Å²) >= 11 is 0. The number of rotatable bonds is 10. The van der Waals surface area contributed by atoms with Crippen LogP contribution in [0.1, 0.15) is 48.4 Å². The summed E-state index contributed by atoms with van der Waals surface area (Å²) in [5.41, 5.74) is 3.76. The van der Waals surface area contributed by atoms with Crippen LogP contribution in [-0.2, 0) is 20.3 Å². The number of methoxy groups -OCH3 is 1. The highest BCUT2D eigenvalue weighted by Gasteiger charge is 2.35. The first-order valence-corrected chi connectivity index (χ1v) is 14.0. The number of ether oxygens (including phenoxy) is 2. The highest BCUT2D eigenvalue weighted by Crippen LogP contribution is 2.33. The first-order chi connectivity index (χ1) is 18.2. The highest BCUT2D eigenvalue weighted by molar-refractivity contribution is 7.91. The number of nitrogens with zero attached hydrogens (tertiary/aromatic N) is 6. The summed E-state index contributed by atoms with van der Waals surface area (Å²) < 4.78 is 40.8. The van der Waals surface area contributed by atoms with Crippen molar-refractivity contribution in [3.8, 4) is 23.0 Å². The molecule has 0 unspecified atom stereocenters. The molecule has 10 nitrogen and oxygen atoms in total. The van der Waals surface area contributed by atoms with Crippen molar-refractivity contribution in [1.29, 1.82) is 0 Å². The Bertz CT molecular complexity index is 1520. The average molecular weight is 537 g/mol. The summed E-state index contributed by atoms with van der Waals surface area (Å²) in [5.74, 6) is 1.15. The maximum atomic E-state index is 13.8. The fraction of sp³-hybridized carbons (Fsp3) is 0.370. The van der Waals surface area contributed by atoms with Crippen molar-refractivity contribution in [2.45, 2.75) is 51.7 Å². The molecule has 0 aliphatic rings. The average Bonchev–Trinajstić information content (AvgIpc) is 3.29. The van der Waals surface area contributed by atoms with E-state index >= 15 is 0 Å². The third kappa shape index (κ3) is 5.58. The number of benzene rings is 1. The van der Waals surface area contributed by atoms with E-state index < -0.39 is 21.2 Å². The molecular weight excluding hydrogens is 504 g/mol. The van der Waals surface area contributed by atoms with Gasteiger partial charge in [-0.3, -0.25) is 4.57 Å². The van der Waals surface area contributed by atoms with E-state index in [1.165, 1.54) is 0 Å². The lowest BCUT2D eigenvalue weighted by Crippen LogP contribution is -2.30. The molecule has 3 heterocycles. The maximum Gasteiger partial charge on any atom is 0.187 e. The molecule has 200 valence electrons. The van der Waals surface area contributed by atoms with Gasteiger partial charge in [0.2, 0.25) is 0 Å². The van der Waals surface area contributed by atoms with Crippen LogP contribution in [0, 0.1) is 20.8 Å². The quantitative estimate of drug-likeness (QED) is 0.294. The molecule has 3 aromatic heterocycles. The summed E-state index contributed by atoms with van der Waals surface area (Å²) in [6, 6.07) is 11.2. The van der Waals surface area contributed by atoms with Crippen molar-refractivity contribution in [3.05, 3.63) is 77.3 Å². The van der Waals surface area contributed by atoms with Gasteiger partial charge in [-0.25, -0.2) is 23.4 Å². The van der Waals surface area contributed by atoms with E-state index in [9.17, 15) is 8.42 Å². The standard InChI is InChI=1S/C27H32N6O4S/c1-7-37-25(26-28-14-17(2)15-29-26)20(5)38(34,35)16-23-31-32-27(21-12-9-11-19(4)30-21)33(23)24-18(3)10-8-13-22(24)36-6/h8-15,20,25H,7,16H2,1-6H3/t20-,25-/m1/s1. The van der Waals surface area contributed by atoms with Gasteiger partial charge in [-0.15, -0.1) is 10.2 Å². The zero-order valence-corrected chi connectivity index (χ0v) is 23.2. The maximum absolute atomic E-state index is 13.8. The van der Waals surface area contributed by atoms with Crippen molar-refractivity contribution in [2.75, 3.05) is 13.7 Å². The largest absolute Gasteiger partial charge is 0.495 e. The Kier molecular flexibility index (Phi) is 8.17. The molecule has 0 radical (unpaired) electrons. The third-order valence-electron chi connectivity index (χ3n) is 6.22. The second kappa shape index (κ2) is 11.4. The number of hydrogen-bond acceptors (Lipinski definition) is 9. The zero-order chi connectivity index (χ0) is 27.4. The van der Waals surface area contributed by atoms with Gasteiger partial charge in [0.25, 0.3) is 0 Å². The molecule has 0 bridgehead atoms. The summed E-state index contributed by atoms with van der Waals surface area (Å²) in [7, 11) is -2.25. The minimum absolute atomic E-state index is 0.239. The van der Waals surface area contributed by atoms with Gasteiger partial charge >= 0.3 is 0 Å². The number of sulfone groups is 1. The SMILES string of the molecule is CCO[C@@H](c1ncc(C)cn1)[C@@H](C)S(=O)(=O)Cc1nnc(-c2cccc(C)n2)n1-c1c(C)cccc1OC. The van der Waals surface area contributed by atoms with E-state index in [1.807, 2.05) is 64.1 Å². The molecular formula is C27H32N6O4S. The Morgan fingerprint density at radius 3 is 2.37 bits per heavy atom. The Morgan fingerprint density at radius 2 is 1.71 bits per heavy atom. The molecule has 38 heavy (non-hydrogen) atoms. The van der Waals surface area contributed by atoms with Crippen molar-refractivity contribution in [1.82, 2.24) is 29.7 Å². The van der Waals surface area contributed by atoms with Crippen LogP contribution in [0.25, 0.3) is 17.2 Å². The molecule has 0 aliphatic heterocycles. The summed E-state index contributed by atoms with van der Waals surface area (Å²) in [5, 5.41) is 7.78. The molecule has 1 aromatic carbocycles. The summed E-state index contributed by atoms with van der Waals surface area (Å²) in [4.78, 5) is 13.3. The molecule has 11 heteroatoms. The van der Waals surface area contributed by atoms with E-state index in [0.717, 1.165) is 16.8 Å². The smallest absolute Gasteiger partial charge is 0.187 e. The Hall–Kier alpha value is -3.70. The van der Waals surface area contributed by atoms with Crippen LogP contribution in [0.3, 0.4) is 0 Å². The van der Waals surface area contributed by atoms with Crippen LogP contribution in [0.5, 0.6) is 5.75 Å². The van der Waals surface area contributed by atoms with E-state index in [1.54, 1.807) is 31.0 Å². The Balaban J connectivity index is 1.82. The van der Waals surface area contributed by atoms with Gasteiger partial charge < -0.3 is 9.47 Å². The van der Waals surface area contributed by atoms with Crippen LogP contribution in [0.2, 0.25) is 0 Å². The van der Waals surface area contributed by atoms with Gasteiger partial charge in [0, 0.05) is 24.7 Å². The highest BCUT2D eigenvalue weighted by atomic mass is 32.2. The van der Waals surface area contributed by atoms with Crippen molar-refractivity contribution in [2.24, 2.45) is 0 Å². The van der Waals surface area contributed by atoms with Crippen LogP contribution < -0.4 is 4.74 Å². The van der Waals surface area contributed by atoms with Crippen LogP contribution in [-0.4, -0.2) is 57.1 Å². The normalized spacial score (nSPS) is 13.3. The minimum Gasteiger partial charge on any atom is -0.495 e. The van der Waals surface area contributed by atoms with Crippen LogP contribution in [0.4, 0.5) is 0 Å². The van der Waals surface area contributed by atoms with Gasteiger partial charge in [-0.05, 0) is 63.9 Å². The fourth-order valence-corrected chi connectivity index (χ4v) is 5.60. The molecule has 0 saturated heterocycles. The molecule has 0 aliphatic carbocycles. The number of aromatic nitrogens is 6. The first kappa shape index (κ1) is 27.3. The van der Waals surface area contributed by atoms with Crippen LogP contribution in [0.15, 0.2) is 48.8 Å². The van der Waals surface area contributed by atoms with E-state index in [-0.39, 0.29) is 11.6 Å². The second-order valence-electron chi connectivity index (χ2n) is 9.07. The number of aryl methyl sites for hydroxylation is 3. The first-order valence-electron chi connectivity index (χ1n) is 12.3. The monoisotopic (exact) mass is 536 g/mol. The van der Waals surface area contributed by atoms with Crippen molar-refractivity contribution >= 4 is 9.84 Å². The fourth-order valence-electron chi connectivity index (χ4n) is 4.21. The number of para-hydroxylation sites is 1. The number of hydrogen-bond donors (Lipinski definition) is 0. The van der Waals surface area contributed by atoms with E-state index in [0.29, 0.717) is 35.4 Å². The van der Waals surface area contributed by atoms with Crippen LogP contribution >= 0.6 is 0 Å². The van der Waals surface area contributed by atoms with Gasteiger partial charge in [0.15, 0.2) is 27.3 Å². The van der Waals surface area contributed by atoms with E-state index in [4.69, 9.17) is 9.47 Å². The zero-order valence-electron chi connectivity index (χ0n) is 22.4. The molecule has 0 saturated carbocycles. The van der Waals surface area contributed by atoms with Gasteiger partial charge in [0.05, 0.1) is 18.0 Å². The third-order valence-corrected chi connectivity index (χ3v) is 8.26. The van der Waals surface area contributed by atoms with Gasteiger partial charge in [0.1, 0.15) is 23.3 Å². The Morgan fingerprint density at radius 1 is 1.00 bits per heavy atom. The molecule has 0 N–H and O–H groups in total. The summed E-state index contributed by atoms with van der Waals surface area (Å²) in [6.07, 6.45) is 2.46. The van der Waals surface area contributed by atoms with Crippen molar-refractivity contribution < 1.29 is 17.9 Å². The van der Waals surface area contributed by atoms with Gasteiger partial charge in [-0.2, -0.15) is 0 Å². The Labute approximate surface area is 223 Å². The molecule has 2 atom stereocenters. The second-order valence-corrected chi connectivity index (χ2v) is 11.4.